The molecule has 0 bridgehead atoms. The number of esters is 1. The monoisotopic (exact) mass is 232 g/mol. The molecule has 0 fully saturated rings. The third-order valence-corrected chi connectivity index (χ3v) is 2.37. The Hall–Kier alpha value is -2.30. The molecule has 1 heterocycles. The molecule has 0 saturated carbocycles. The van der Waals surface area contributed by atoms with Crippen LogP contribution in [-0.4, -0.2) is 26.0 Å². The molecule has 2 rings (SSSR count). The predicted molar refractivity (Wildman–Crippen MR) is 59.2 cm³/mol. The maximum absolute atomic E-state index is 11.8. The molecule has 1 aliphatic heterocycles. The van der Waals surface area contributed by atoms with Crippen molar-refractivity contribution in [3.63, 3.8) is 0 Å². The molecule has 1 radical (unpaired) electrons. The summed E-state index contributed by atoms with van der Waals surface area (Å²) in [5, 5.41) is 4.05. The topological polar surface area (TPSA) is 66.7 Å². The number of hydrogen-bond donors (Lipinski definition) is 0. The zero-order valence-electron chi connectivity index (χ0n) is 9.39. The molecule has 0 atom stereocenters. The summed E-state index contributed by atoms with van der Waals surface area (Å²) >= 11 is 0. The van der Waals surface area contributed by atoms with Crippen molar-refractivity contribution >= 4 is 17.4 Å². The van der Waals surface area contributed by atoms with Gasteiger partial charge in [0.25, 0.3) is 0 Å². The van der Waals surface area contributed by atoms with Gasteiger partial charge in [0.15, 0.2) is 11.5 Å². The van der Waals surface area contributed by atoms with Gasteiger partial charge in [0.2, 0.25) is 0 Å². The van der Waals surface area contributed by atoms with E-state index in [1.165, 1.54) is 14.2 Å². The highest BCUT2D eigenvalue weighted by Gasteiger charge is 2.23. The van der Waals surface area contributed by atoms with Crippen molar-refractivity contribution in [2.75, 3.05) is 14.2 Å². The first-order chi connectivity index (χ1) is 8.15. The Morgan fingerprint density at radius 3 is 2.71 bits per heavy atom. The van der Waals surface area contributed by atoms with Gasteiger partial charge in [-0.25, -0.2) is 10.1 Å². The van der Waals surface area contributed by atoms with Gasteiger partial charge in [-0.3, -0.25) is 4.79 Å². The third kappa shape index (κ3) is 1.99. The van der Waals surface area contributed by atoms with E-state index < -0.39 is 5.97 Å². The van der Waals surface area contributed by atoms with Crippen LogP contribution in [0.5, 0.6) is 5.75 Å². The lowest BCUT2D eigenvalue weighted by Crippen LogP contribution is -2.19. The molecule has 1 aromatic carbocycles. The van der Waals surface area contributed by atoms with E-state index in [0.29, 0.717) is 17.0 Å². The molecule has 0 saturated heterocycles. The Labute approximate surface area is 98.0 Å². The van der Waals surface area contributed by atoms with Gasteiger partial charge in [-0.1, -0.05) is 0 Å². The summed E-state index contributed by atoms with van der Waals surface area (Å²) in [7, 11) is 2.76. The van der Waals surface area contributed by atoms with Crippen molar-refractivity contribution in [2.24, 2.45) is 0 Å². The van der Waals surface area contributed by atoms with Crippen molar-refractivity contribution in [1.29, 1.82) is 0 Å². The van der Waals surface area contributed by atoms with Crippen LogP contribution in [-0.2, 0) is 9.53 Å². The lowest BCUT2D eigenvalue weighted by molar-refractivity contribution is -0.136. The maximum Gasteiger partial charge on any atom is 0.356 e. The van der Waals surface area contributed by atoms with Gasteiger partial charge < -0.3 is 9.47 Å². The second-order valence-electron chi connectivity index (χ2n) is 3.38. The van der Waals surface area contributed by atoms with E-state index in [4.69, 9.17) is 4.74 Å². The van der Waals surface area contributed by atoms with Crippen LogP contribution < -0.4 is 10.1 Å². The standard InChI is InChI=1S/C12H10NO4/c1-16-7-3-4-9-8(5-7)11(14)6-10(13-9)12(15)17-2/h3-6H,1-2H3. The molecule has 87 valence electrons. The van der Waals surface area contributed by atoms with Gasteiger partial charge in [-0.2, -0.15) is 0 Å². The number of fused-ring (bicyclic) bond motifs is 1. The van der Waals surface area contributed by atoms with E-state index in [2.05, 4.69) is 10.1 Å². The van der Waals surface area contributed by atoms with Crippen LogP contribution >= 0.6 is 0 Å². The van der Waals surface area contributed by atoms with E-state index in [1.807, 2.05) is 0 Å². The van der Waals surface area contributed by atoms with Crippen molar-refractivity contribution in [1.82, 2.24) is 5.32 Å². The summed E-state index contributed by atoms with van der Waals surface area (Å²) in [6, 6.07) is 4.89. The molecule has 17 heavy (non-hydrogen) atoms. The fourth-order valence-corrected chi connectivity index (χ4v) is 1.51. The first-order valence-electron chi connectivity index (χ1n) is 4.90. The average molecular weight is 232 g/mol. The SMILES string of the molecule is COC(=O)C1=CC(=O)c2cc(OC)ccc2[N]1. The summed E-state index contributed by atoms with van der Waals surface area (Å²) in [6.07, 6.45) is 1.16. The molecular formula is C12H10NO4. The lowest BCUT2D eigenvalue weighted by atomic mass is 10.0. The number of nitrogens with zero attached hydrogens (tertiary/aromatic N) is 1. The Kier molecular flexibility index (Phi) is 2.82. The highest BCUT2D eigenvalue weighted by atomic mass is 16.5. The molecule has 1 aliphatic rings. The normalized spacial score (nSPS) is 13.3. The van der Waals surface area contributed by atoms with E-state index >= 15 is 0 Å². The van der Waals surface area contributed by atoms with Gasteiger partial charge in [-0.05, 0) is 18.2 Å². The molecule has 0 aromatic heterocycles. The highest BCUT2D eigenvalue weighted by Crippen LogP contribution is 2.27. The van der Waals surface area contributed by atoms with Crippen LogP contribution in [0.3, 0.4) is 0 Å². The van der Waals surface area contributed by atoms with Gasteiger partial charge >= 0.3 is 5.97 Å². The van der Waals surface area contributed by atoms with Crippen molar-refractivity contribution in [3.05, 3.63) is 35.5 Å². The van der Waals surface area contributed by atoms with Crippen LogP contribution in [0.2, 0.25) is 0 Å². The van der Waals surface area contributed by atoms with Crippen LogP contribution in [0.25, 0.3) is 0 Å². The number of methoxy groups -OCH3 is 2. The van der Waals surface area contributed by atoms with Crippen LogP contribution in [0, 0.1) is 0 Å². The van der Waals surface area contributed by atoms with Crippen LogP contribution in [0.15, 0.2) is 30.0 Å². The molecule has 0 unspecified atom stereocenters. The minimum atomic E-state index is -0.625. The maximum atomic E-state index is 11.8. The van der Waals surface area contributed by atoms with E-state index in [-0.39, 0.29) is 11.5 Å². The van der Waals surface area contributed by atoms with Crippen LogP contribution in [0.1, 0.15) is 10.4 Å². The number of rotatable bonds is 2. The summed E-state index contributed by atoms with van der Waals surface area (Å²) in [6.45, 7) is 0. The van der Waals surface area contributed by atoms with Gasteiger partial charge in [0.1, 0.15) is 5.75 Å². The molecule has 0 spiro atoms. The summed E-state index contributed by atoms with van der Waals surface area (Å²) in [4.78, 5) is 23.1. The smallest absolute Gasteiger partial charge is 0.356 e. The first-order valence-corrected chi connectivity index (χ1v) is 4.90. The molecule has 5 nitrogen and oxygen atoms in total. The second kappa shape index (κ2) is 4.29. The Morgan fingerprint density at radius 1 is 1.29 bits per heavy atom. The number of allylic oxidation sites excluding steroid dienone is 1. The third-order valence-electron chi connectivity index (χ3n) is 2.37. The molecule has 5 heteroatoms. The summed E-state index contributed by atoms with van der Waals surface area (Å²) in [5.74, 6) is -0.337. The van der Waals surface area contributed by atoms with Crippen LogP contribution in [0.4, 0.5) is 5.69 Å². The Morgan fingerprint density at radius 2 is 2.06 bits per heavy atom. The zero-order chi connectivity index (χ0) is 12.4. The fraction of sp³-hybridized carbons (Fsp3) is 0.167. The molecule has 0 N–H and O–H groups in total. The minimum Gasteiger partial charge on any atom is -0.497 e. The second-order valence-corrected chi connectivity index (χ2v) is 3.38. The number of carbonyl (C=O) groups is 2. The fourth-order valence-electron chi connectivity index (χ4n) is 1.51. The van der Waals surface area contributed by atoms with Crippen molar-refractivity contribution in [2.45, 2.75) is 0 Å². The van der Waals surface area contributed by atoms with Gasteiger partial charge in [0.05, 0.1) is 25.5 Å². The minimum absolute atomic E-state index is 0.00941. The first kappa shape index (κ1) is 11.2. The van der Waals surface area contributed by atoms with Crippen molar-refractivity contribution in [3.8, 4) is 5.75 Å². The van der Waals surface area contributed by atoms with E-state index in [9.17, 15) is 9.59 Å². The number of hydrogen-bond acceptors (Lipinski definition) is 4. The summed E-state index contributed by atoms with van der Waals surface area (Å²) in [5.41, 5.74) is 0.867. The molecular weight excluding hydrogens is 222 g/mol. The Balaban J connectivity index is 2.39. The average Bonchev–Trinajstić information content (AvgIpc) is 2.37. The predicted octanol–water partition coefficient (Wildman–Crippen LogP) is 1.18. The number of carbonyl (C=O) groups excluding carboxylic acids is 2. The van der Waals surface area contributed by atoms with E-state index in [1.54, 1.807) is 18.2 Å². The van der Waals surface area contributed by atoms with Gasteiger partial charge in [-0.15, -0.1) is 0 Å². The number of benzene rings is 1. The summed E-state index contributed by atoms with van der Waals surface area (Å²) < 4.78 is 9.54. The number of ketones is 1. The Bertz CT molecular complexity index is 519. The molecule has 0 aliphatic carbocycles. The highest BCUT2D eigenvalue weighted by molar-refractivity contribution is 6.13. The largest absolute Gasteiger partial charge is 0.497 e. The molecule has 0 amide bonds. The quantitative estimate of drug-likeness (QED) is 0.718. The number of ether oxygens (including phenoxy) is 2. The molecule has 1 aromatic rings. The van der Waals surface area contributed by atoms with E-state index in [0.717, 1.165) is 6.08 Å². The zero-order valence-corrected chi connectivity index (χ0v) is 9.39. The van der Waals surface area contributed by atoms with Crippen molar-refractivity contribution < 1.29 is 19.1 Å². The lowest BCUT2D eigenvalue weighted by Gasteiger charge is -2.15. The van der Waals surface area contributed by atoms with Gasteiger partial charge in [0, 0.05) is 6.08 Å².